The highest BCUT2D eigenvalue weighted by atomic mass is 79.9. The molecule has 3 heterocycles. The van der Waals surface area contributed by atoms with E-state index in [1.54, 1.807) is 23.2 Å². The fraction of sp³-hybridized carbons (Fsp3) is 0.231. The first-order chi connectivity index (χ1) is 18.4. The van der Waals surface area contributed by atoms with Crippen molar-refractivity contribution in [3.63, 3.8) is 0 Å². The number of nitrogens with two attached hydrogens (primary N) is 1. The first kappa shape index (κ1) is 26.1. The van der Waals surface area contributed by atoms with Crippen molar-refractivity contribution in [2.24, 2.45) is 5.73 Å². The maximum atomic E-state index is 13.3. The number of thioether (sulfide) groups is 1. The highest BCUT2D eigenvalue weighted by molar-refractivity contribution is 9.10. The van der Waals surface area contributed by atoms with Crippen molar-refractivity contribution in [3.05, 3.63) is 80.9 Å². The number of ketones is 1. The zero-order chi connectivity index (χ0) is 26.8. The number of allylic oxidation sites excluding steroid dienone is 3. The Labute approximate surface area is 236 Å². The van der Waals surface area contributed by atoms with Crippen LogP contribution < -0.4 is 16.0 Å². The van der Waals surface area contributed by atoms with Crippen LogP contribution in [0.15, 0.2) is 74.1 Å². The summed E-state index contributed by atoms with van der Waals surface area (Å²) in [6, 6.07) is 13.5. The molecule has 0 spiro atoms. The molecule has 0 fully saturated rings. The number of nitriles is 1. The molecule has 0 saturated carbocycles. The first-order valence-corrected chi connectivity index (χ1v) is 14.4. The lowest BCUT2D eigenvalue weighted by Crippen LogP contribution is -2.38. The topological polar surface area (TPSA) is 138 Å². The van der Waals surface area contributed by atoms with E-state index in [1.165, 1.54) is 23.1 Å². The molecule has 0 saturated heterocycles. The Balaban J connectivity index is 1.42. The second-order valence-corrected chi connectivity index (χ2v) is 11.8. The molecule has 0 bridgehead atoms. The van der Waals surface area contributed by atoms with Crippen LogP contribution in [0.5, 0.6) is 0 Å². The highest BCUT2D eigenvalue weighted by Crippen LogP contribution is 2.47. The summed E-state index contributed by atoms with van der Waals surface area (Å²) in [4.78, 5) is 31.5. The molecule has 1 unspecified atom stereocenters. The number of nitrogens with zero attached hydrogens (tertiary/aromatic N) is 5. The van der Waals surface area contributed by atoms with E-state index < -0.39 is 5.92 Å². The van der Waals surface area contributed by atoms with E-state index >= 15 is 0 Å². The van der Waals surface area contributed by atoms with Gasteiger partial charge in [-0.2, -0.15) is 5.26 Å². The molecule has 1 amide bonds. The van der Waals surface area contributed by atoms with Gasteiger partial charge in [0.05, 0.1) is 23.3 Å². The number of hydrogen-bond acceptors (Lipinski definition) is 10. The number of halogens is 1. The molecule has 38 heavy (non-hydrogen) atoms. The van der Waals surface area contributed by atoms with Crippen LogP contribution >= 0.6 is 39.0 Å². The summed E-state index contributed by atoms with van der Waals surface area (Å²) in [6.45, 7) is 1.97. The molecule has 5 rings (SSSR count). The Hall–Kier alpha value is -3.53. The van der Waals surface area contributed by atoms with E-state index in [1.807, 2.05) is 31.2 Å². The molecular formula is C26H22BrN7O2S2. The number of carbonyl (C=O) groups excluding carboxylic acids is 2. The molecule has 192 valence electrons. The summed E-state index contributed by atoms with van der Waals surface area (Å²) in [5.41, 5.74) is 10.2. The Morgan fingerprint density at radius 1 is 1.29 bits per heavy atom. The summed E-state index contributed by atoms with van der Waals surface area (Å²) < 4.78 is 1.38. The van der Waals surface area contributed by atoms with Gasteiger partial charge in [-0.25, -0.2) is 4.98 Å². The SMILES string of the molecule is Cc1ccccc1C1C(C#N)=C(N)N(c2nnc(SCC(=O)Nc3ccc(Br)cn3)s2)C2=C1C(=O)CCC2. The predicted molar refractivity (Wildman–Crippen MR) is 150 cm³/mol. The fourth-order valence-corrected chi connectivity index (χ4v) is 6.55. The van der Waals surface area contributed by atoms with E-state index in [2.05, 4.69) is 42.5 Å². The molecule has 12 heteroatoms. The molecule has 2 aliphatic rings. The maximum Gasteiger partial charge on any atom is 0.235 e. The Morgan fingerprint density at radius 2 is 2.11 bits per heavy atom. The average molecular weight is 609 g/mol. The number of hydrogen-bond donors (Lipinski definition) is 2. The fourth-order valence-electron chi connectivity index (χ4n) is 4.63. The van der Waals surface area contributed by atoms with Crippen LogP contribution in [0.2, 0.25) is 0 Å². The largest absolute Gasteiger partial charge is 0.384 e. The van der Waals surface area contributed by atoms with Crippen LogP contribution in [-0.2, 0) is 9.59 Å². The number of aryl methyl sites for hydroxylation is 1. The van der Waals surface area contributed by atoms with Crippen LogP contribution in [0.3, 0.4) is 0 Å². The summed E-state index contributed by atoms with van der Waals surface area (Å²) in [5, 5.41) is 21.9. The third-order valence-electron chi connectivity index (χ3n) is 6.32. The second-order valence-electron chi connectivity index (χ2n) is 8.72. The van der Waals surface area contributed by atoms with E-state index in [4.69, 9.17) is 5.73 Å². The summed E-state index contributed by atoms with van der Waals surface area (Å²) in [7, 11) is 0. The monoisotopic (exact) mass is 607 g/mol. The minimum Gasteiger partial charge on any atom is -0.384 e. The van der Waals surface area contributed by atoms with Crippen LogP contribution in [-0.4, -0.2) is 32.6 Å². The number of Topliss-reactive ketones (excluding diaryl/α,β-unsaturated/α-hetero) is 1. The number of anilines is 2. The third kappa shape index (κ3) is 5.09. The number of pyridine rings is 1. The van der Waals surface area contributed by atoms with Crippen molar-refractivity contribution >= 4 is 61.7 Å². The van der Waals surface area contributed by atoms with Gasteiger partial charge in [0.2, 0.25) is 11.0 Å². The number of rotatable bonds is 6. The minimum absolute atomic E-state index is 0.0158. The lowest BCUT2D eigenvalue weighted by molar-refractivity contribution is -0.116. The van der Waals surface area contributed by atoms with Crippen molar-refractivity contribution in [2.45, 2.75) is 36.4 Å². The predicted octanol–water partition coefficient (Wildman–Crippen LogP) is 5.04. The molecule has 1 aromatic carbocycles. The molecule has 1 atom stereocenters. The Bertz CT molecular complexity index is 1520. The van der Waals surface area contributed by atoms with Crippen LogP contribution in [0.25, 0.3) is 0 Å². The van der Waals surface area contributed by atoms with Crippen molar-refractivity contribution in [1.29, 1.82) is 5.26 Å². The molecule has 2 aromatic heterocycles. The molecule has 1 aliphatic carbocycles. The molecule has 9 nitrogen and oxygen atoms in total. The lowest BCUT2D eigenvalue weighted by Gasteiger charge is -2.38. The smallest absolute Gasteiger partial charge is 0.235 e. The normalized spacial score (nSPS) is 17.3. The number of amides is 1. The van der Waals surface area contributed by atoms with E-state index in [0.29, 0.717) is 45.7 Å². The van der Waals surface area contributed by atoms with Crippen molar-refractivity contribution < 1.29 is 9.59 Å². The summed E-state index contributed by atoms with van der Waals surface area (Å²) in [5.74, 6) is 0.0930. The Kier molecular flexibility index (Phi) is 7.60. The van der Waals surface area contributed by atoms with E-state index in [9.17, 15) is 14.9 Å². The summed E-state index contributed by atoms with van der Waals surface area (Å²) in [6.07, 6.45) is 3.35. The number of nitrogens with one attached hydrogen (secondary N) is 1. The number of carbonyl (C=O) groups is 2. The lowest BCUT2D eigenvalue weighted by atomic mass is 9.75. The molecule has 0 radical (unpaired) electrons. The van der Waals surface area contributed by atoms with Gasteiger partial charge < -0.3 is 11.1 Å². The van der Waals surface area contributed by atoms with Crippen molar-refractivity contribution in [2.75, 3.05) is 16.0 Å². The van der Waals surface area contributed by atoms with Crippen LogP contribution in [0.1, 0.15) is 36.3 Å². The van der Waals surface area contributed by atoms with Crippen LogP contribution in [0, 0.1) is 18.3 Å². The van der Waals surface area contributed by atoms with Gasteiger partial charge in [-0.15, -0.1) is 10.2 Å². The van der Waals surface area contributed by atoms with Gasteiger partial charge in [0.1, 0.15) is 11.6 Å². The zero-order valence-corrected chi connectivity index (χ0v) is 23.5. The number of aromatic nitrogens is 3. The van der Waals surface area contributed by atoms with Gasteiger partial charge in [0.25, 0.3) is 0 Å². The van der Waals surface area contributed by atoms with Gasteiger partial charge in [-0.05, 0) is 59.0 Å². The van der Waals surface area contributed by atoms with E-state index in [0.717, 1.165) is 21.3 Å². The Morgan fingerprint density at radius 3 is 2.84 bits per heavy atom. The van der Waals surface area contributed by atoms with E-state index in [-0.39, 0.29) is 23.3 Å². The molecule has 3 N–H and O–H groups in total. The molecular weight excluding hydrogens is 586 g/mol. The van der Waals surface area contributed by atoms with Gasteiger partial charge in [-0.1, -0.05) is 47.4 Å². The first-order valence-electron chi connectivity index (χ1n) is 11.8. The minimum atomic E-state index is -0.516. The summed E-state index contributed by atoms with van der Waals surface area (Å²) >= 11 is 5.81. The maximum absolute atomic E-state index is 13.3. The quantitative estimate of drug-likeness (QED) is 0.369. The van der Waals surface area contributed by atoms with Gasteiger partial charge in [0, 0.05) is 28.4 Å². The van der Waals surface area contributed by atoms with Crippen molar-refractivity contribution in [1.82, 2.24) is 15.2 Å². The van der Waals surface area contributed by atoms with Gasteiger partial charge in [-0.3, -0.25) is 14.5 Å². The number of benzene rings is 1. The van der Waals surface area contributed by atoms with Gasteiger partial charge >= 0.3 is 0 Å². The second kappa shape index (κ2) is 11.1. The standard InChI is InChI=1S/C26H22BrN7O2S2/c1-14-5-2-3-6-16(14)22-17(11-28)24(29)34(18-7-4-8-19(35)23(18)22)25-32-33-26(38-25)37-13-21(36)31-20-10-9-15(27)12-30-20/h2-3,5-6,9-10,12,22H,4,7-8,13,29H2,1H3,(H,30,31,36). The van der Waals surface area contributed by atoms with Crippen LogP contribution in [0.4, 0.5) is 10.9 Å². The molecule has 3 aromatic rings. The van der Waals surface area contributed by atoms with Gasteiger partial charge in [0.15, 0.2) is 10.1 Å². The molecule has 1 aliphatic heterocycles. The third-order valence-corrected chi connectivity index (χ3v) is 8.83. The zero-order valence-electron chi connectivity index (χ0n) is 20.3. The average Bonchev–Trinajstić information content (AvgIpc) is 3.37. The highest BCUT2D eigenvalue weighted by Gasteiger charge is 2.41. The van der Waals surface area contributed by atoms with Crippen molar-refractivity contribution in [3.8, 4) is 6.07 Å².